The van der Waals surface area contributed by atoms with Crippen LogP contribution in [0.5, 0.6) is 0 Å². The minimum Gasteiger partial charge on any atom is -0.254 e. The fourth-order valence-electron chi connectivity index (χ4n) is 1.06. The van der Waals surface area contributed by atoms with E-state index in [0.29, 0.717) is 6.07 Å². The van der Waals surface area contributed by atoms with Crippen LogP contribution in [0.25, 0.3) is 0 Å². The van der Waals surface area contributed by atoms with Crippen molar-refractivity contribution in [3.05, 3.63) is 29.8 Å². The van der Waals surface area contributed by atoms with E-state index in [1.807, 2.05) is 6.07 Å². The van der Waals surface area contributed by atoms with Crippen LogP contribution >= 0.6 is 0 Å². The summed E-state index contributed by atoms with van der Waals surface area (Å²) in [5.74, 6) is -1.54. The zero-order valence-corrected chi connectivity index (χ0v) is 8.85. The first-order chi connectivity index (χ1) is 7.06. The van der Waals surface area contributed by atoms with Crippen LogP contribution in [0, 0.1) is 23.0 Å². The SMILES string of the molecule is CC(CC#N)S(=O)c1ccc(F)cc1F. The molecule has 0 radical (unpaired) electrons. The Bertz CT molecular complexity index is 428. The summed E-state index contributed by atoms with van der Waals surface area (Å²) in [5.41, 5.74) is 0. The van der Waals surface area contributed by atoms with E-state index in [-0.39, 0.29) is 11.3 Å². The Morgan fingerprint density at radius 2 is 2.20 bits per heavy atom. The molecule has 2 unspecified atom stereocenters. The highest BCUT2D eigenvalue weighted by Gasteiger charge is 2.17. The van der Waals surface area contributed by atoms with Crippen LogP contribution in [-0.4, -0.2) is 9.46 Å². The molecule has 0 heterocycles. The second-order valence-corrected chi connectivity index (χ2v) is 4.88. The summed E-state index contributed by atoms with van der Waals surface area (Å²) in [5, 5.41) is 7.94. The fourth-order valence-corrected chi connectivity index (χ4v) is 2.17. The molecular weight excluding hydrogens is 220 g/mol. The lowest BCUT2D eigenvalue weighted by atomic mass is 10.3. The number of hydrogen-bond acceptors (Lipinski definition) is 2. The van der Waals surface area contributed by atoms with Gasteiger partial charge in [0.1, 0.15) is 11.6 Å². The van der Waals surface area contributed by atoms with E-state index in [0.717, 1.165) is 12.1 Å². The lowest BCUT2D eigenvalue weighted by Gasteiger charge is -2.08. The highest BCUT2D eigenvalue weighted by atomic mass is 32.2. The highest BCUT2D eigenvalue weighted by molar-refractivity contribution is 7.85. The third-order valence-corrected chi connectivity index (χ3v) is 3.52. The first-order valence-corrected chi connectivity index (χ1v) is 5.50. The molecule has 0 saturated carbocycles. The maximum Gasteiger partial charge on any atom is 0.142 e. The standard InChI is InChI=1S/C10H9F2NOS/c1-7(4-5-13)15(14)10-3-2-8(11)6-9(10)12/h2-3,6-7H,4H2,1H3. The molecule has 0 aliphatic heterocycles. The predicted molar refractivity (Wildman–Crippen MR) is 52.5 cm³/mol. The lowest BCUT2D eigenvalue weighted by Crippen LogP contribution is -2.11. The van der Waals surface area contributed by atoms with Gasteiger partial charge >= 0.3 is 0 Å². The third-order valence-electron chi connectivity index (χ3n) is 1.85. The van der Waals surface area contributed by atoms with Crippen molar-refractivity contribution in [2.45, 2.75) is 23.5 Å². The number of nitriles is 1. The van der Waals surface area contributed by atoms with Crippen LogP contribution in [0.4, 0.5) is 8.78 Å². The quantitative estimate of drug-likeness (QED) is 0.798. The third kappa shape index (κ3) is 2.83. The first kappa shape index (κ1) is 11.8. The minimum atomic E-state index is -1.61. The van der Waals surface area contributed by atoms with Crippen molar-refractivity contribution >= 4 is 10.8 Å². The lowest BCUT2D eigenvalue weighted by molar-refractivity contribution is 0.561. The van der Waals surface area contributed by atoms with E-state index in [1.165, 1.54) is 0 Å². The monoisotopic (exact) mass is 229 g/mol. The van der Waals surface area contributed by atoms with Gasteiger partial charge in [-0.25, -0.2) is 8.78 Å². The van der Waals surface area contributed by atoms with E-state index in [4.69, 9.17) is 5.26 Å². The molecule has 15 heavy (non-hydrogen) atoms. The van der Waals surface area contributed by atoms with Gasteiger partial charge in [0.15, 0.2) is 0 Å². The van der Waals surface area contributed by atoms with Gasteiger partial charge in [0.25, 0.3) is 0 Å². The van der Waals surface area contributed by atoms with E-state index >= 15 is 0 Å². The van der Waals surface area contributed by atoms with E-state index in [1.54, 1.807) is 6.92 Å². The summed E-state index contributed by atoms with van der Waals surface area (Å²) >= 11 is 0. The Morgan fingerprint density at radius 3 is 2.73 bits per heavy atom. The smallest absolute Gasteiger partial charge is 0.142 e. The molecule has 0 aromatic heterocycles. The molecule has 0 fully saturated rings. The topological polar surface area (TPSA) is 40.9 Å². The molecule has 0 spiro atoms. The normalized spacial score (nSPS) is 14.3. The van der Waals surface area contributed by atoms with E-state index in [9.17, 15) is 13.0 Å². The average Bonchev–Trinajstić information content (AvgIpc) is 2.17. The van der Waals surface area contributed by atoms with Crippen molar-refractivity contribution in [1.82, 2.24) is 0 Å². The number of benzene rings is 1. The Balaban J connectivity index is 2.97. The molecule has 1 aromatic carbocycles. The molecule has 1 aromatic rings. The largest absolute Gasteiger partial charge is 0.254 e. The van der Waals surface area contributed by atoms with Gasteiger partial charge in [-0.05, 0) is 19.1 Å². The Kier molecular flexibility index (Phi) is 3.92. The van der Waals surface area contributed by atoms with Crippen molar-refractivity contribution in [3.63, 3.8) is 0 Å². The molecule has 0 saturated heterocycles. The number of rotatable bonds is 3. The highest BCUT2D eigenvalue weighted by Crippen LogP contribution is 2.18. The van der Waals surface area contributed by atoms with Crippen LogP contribution in [0.1, 0.15) is 13.3 Å². The van der Waals surface area contributed by atoms with Crippen molar-refractivity contribution in [3.8, 4) is 6.07 Å². The zero-order chi connectivity index (χ0) is 11.4. The average molecular weight is 229 g/mol. The van der Waals surface area contributed by atoms with Crippen molar-refractivity contribution in [1.29, 1.82) is 5.26 Å². The van der Waals surface area contributed by atoms with Gasteiger partial charge in [-0.2, -0.15) is 5.26 Å². The molecule has 0 aliphatic carbocycles. The molecule has 0 bridgehead atoms. The van der Waals surface area contributed by atoms with E-state index in [2.05, 4.69) is 0 Å². The van der Waals surface area contributed by atoms with Gasteiger partial charge in [-0.1, -0.05) is 0 Å². The van der Waals surface area contributed by atoms with Crippen LogP contribution < -0.4 is 0 Å². The van der Waals surface area contributed by atoms with Crippen molar-refractivity contribution in [2.24, 2.45) is 0 Å². The predicted octanol–water partition coefficient (Wildman–Crippen LogP) is 2.37. The van der Waals surface area contributed by atoms with Gasteiger partial charge < -0.3 is 0 Å². The Morgan fingerprint density at radius 1 is 1.53 bits per heavy atom. The number of halogens is 2. The molecule has 2 nitrogen and oxygen atoms in total. The Labute approximate surface area is 89.0 Å². The number of nitrogens with zero attached hydrogens (tertiary/aromatic N) is 1. The van der Waals surface area contributed by atoms with Gasteiger partial charge in [-0.15, -0.1) is 0 Å². The summed E-state index contributed by atoms with van der Waals surface area (Å²) < 4.78 is 37.4. The van der Waals surface area contributed by atoms with Gasteiger partial charge in [0, 0.05) is 17.7 Å². The molecule has 5 heteroatoms. The molecule has 80 valence electrons. The Hall–Kier alpha value is -1.28. The van der Waals surface area contributed by atoms with Gasteiger partial charge in [0.05, 0.1) is 21.8 Å². The molecule has 0 amide bonds. The molecular formula is C10H9F2NOS. The summed E-state index contributed by atoms with van der Waals surface area (Å²) in [6.07, 6.45) is 0.0728. The minimum absolute atomic E-state index is 0.0563. The van der Waals surface area contributed by atoms with Crippen molar-refractivity contribution in [2.75, 3.05) is 0 Å². The second kappa shape index (κ2) is 4.99. The summed E-state index contributed by atoms with van der Waals surface area (Å²) in [6.45, 7) is 1.59. The maximum absolute atomic E-state index is 13.2. The van der Waals surface area contributed by atoms with Crippen LogP contribution in [0.3, 0.4) is 0 Å². The van der Waals surface area contributed by atoms with Gasteiger partial charge in [-0.3, -0.25) is 4.21 Å². The fraction of sp³-hybridized carbons (Fsp3) is 0.300. The zero-order valence-electron chi connectivity index (χ0n) is 8.04. The summed E-state index contributed by atoms with van der Waals surface area (Å²) in [6, 6.07) is 4.74. The molecule has 0 N–H and O–H groups in total. The number of hydrogen-bond donors (Lipinski definition) is 0. The second-order valence-electron chi connectivity index (χ2n) is 3.05. The van der Waals surface area contributed by atoms with Gasteiger partial charge in [0.2, 0.25) is 0 Å². The van der Waals surface area contributed by atoms with Crippen molar-refractivity contribution < 1.29 is 13.0 Å². The molecule has 2 atom stereocenters. The van der Waals surface area contributed by atoms with Crippen LogP contribution in [0.2, 0.25) is 0 Å². The summed E-state index contributed by atoms with van der Waals surface area (Å²) in [7, 11) is -1.61. The van der Waals surface area contributed by atoms with E-state index < -0.39 is 27.7 Å². The first-order valence-electron chi connectivity index (χ1n) is 4.29. The summed E-state index contributed by atoms with van der Waals surface area (Å²) in [4.78, 5) is -0.0563. The maximum atomic E-state index is 13.2. The molecule has 0 aliphatic rings. The van der Waals surface area contributed by atoms with Crippen LogP contribution in [0.15, 0.2) is 23.1 Å². The van der Waals surface area contributed by atoms with Crippen LogP contribution in [-0.2, 0) is 10.8 Å². The molecule has 1 rings (SSSR count).